The Hall–Kier alpha value is -0.650. The number of thiazole rings is 1. The molecular weight excluding hydrogens is 256 g/mol. The molecule has 0 aliphatic carbocycles. The summed E-state index contributed by atoms with van der Waals surface area (Å²) < 4.78 is 0. The smallest absolute Gasteiger partial charge is 0.185 e. The Kier molecular flexibility index (Phi) is 5.60. The van der Waals surface area contributed by atoms with Gasteiger partial charge in [-0.25, -0.2) is 4.98 Å². The van der Waals surface area contributed by atoms with Crippen molar-refractivity contribution in [3.05, 3.63) is 11.1 Å². The first kappa shape index (κ1) is 14.8. The fraction of sp³-hybridized carbons (Fsp3) is 0.786. The second-order valence-corrected chi connectivity index (χ2v) is 6.39. The first-order valence-electron chi connectivity index (χ1n) is 7.27. The van der Waals surface area contributed by atoms with Crippen molar-refractivity contribution in [3.63, 3.8) is 0 Å². The second kappa shape index (κ2) is 7.22. The molecule has 0 radical (unpaired) electrons. The Morgan fingerprint density at radius 2 is 2.37 bits per heavy atom. The van der Waals surface area contributed by atoms with Crippen molar-refractivity contribution in [2.45, 2.75) is 38.8 Å². The van der Waals surface area contributed by atoms with Crippen molar-refractivity contribution in [2.75, 3.05) is 38.6 Å². The molecule has 4 nitrogen and oxygen atoms in total. The molecule has 0 saturated carbocycles. The van der Waals surface area contributed by atoms with E-state index in [9.17, 15) is 0 Å². The van der Waals surface area contributed by atoms with Gasteiger partial charge in [0.05, 0.1) is 5.69 Å². The van der Waals surface area contributed by atoms with Gasteiger partial charge < -0.3 is 15.1 Å². The molecule has 0 spiro atoms. The molecule has 1 atom stereocenters. The first-order valence-corrected chi connectivity index (χ1v) is 8.15. The van der Waals surface area contributed by atoms with Crippen molar-refractivity contribution >= 4 is 16.5 Å². The molecule has 1 fully saturated rings. The Morgan fingerprint density at radius 1 is 1.53 bits per heavy atom. The fourth-order valence-electron chi connectivity index (χ4n) is 2.60. The largest absolute Gasteiger partial charge is 0.344 e. The highest BCUT2D eigenvalue weighted by atomic mass is 32.1. The highest BCUT2D eigenvalue weighted by molar-refractivity contribution is 7.13. The molecular formula is C14H26N4S. The number of aromatic nitrogens is 1. The molecule has 1 aliphatic heterocycles. The minimum absolute atomic E-state index is 0.637. The van der Waals surface area contributed by atoms with Crippen LogP contribution in [0.1, 0.15) is 31.9 Å². The quantitative estimate of drug-likeness (QED) is 0.777. The molecule has 19 heavy (non-hydrogen) atoms. The van der Waals surface area contributed by atoms with Crippen molar-refractivity contribution in [2.24, 2.45) is 0 Å². The van der Waals surface area contributed by atoms with E-state index in [2.05, 4.69) is 41.5 Å². The van der Waals surface area contributed by atoms with Crippen LogP contribution in [0.4, 0.5) is 5.13 Å². The van der Waals surface area contributed by atoms with Crippen LogP contribution in [0.3, 0.4) is 0 Å². The summed E-state index contributed by atoms with van der Waals surface area (Å²) in [7, 11) is 4.30. The van der Waals surface area contributed by atoms with E-state index in [0.29, 0.717) is 6.04 Å². The summed E-state index contributed by atoms with van der Waals surface area (Å²) in [5.41, 5.74) is 1.18. The molecule has 0 aromatic carbocycles. The van der Waals surface area contributed by atoms with E-state index in [1.54, 1.807) is 11.3 Å². The molecule has 2 rings (SSSR count). The van der Waals surface area contributed by atoms with Gasteiger partial charge in [0.15, 0.2) is 5.13 Å². The Morgan fingerprint density at radius 3 is 3.11 bits per heavy atom. The van der Waals surface area contributed by atoms with Crippen LogP contribution in [0.15, 0.2) is 5.38 Å². The van der Waals surface area contributed by atoms with Gasteiger partial charge in [-0.3, -0.25) is 0 Å². The second-order valence-electron chi connectivity index (χ2n) is 5.55. The standard InChI is InChI=1S/C14H26N4S/c1-4-7-15-9-12-11-19-14(16-12)18-8-5-6-13(18)10-17(2)3/h11,13,15H,4-10H2,1-3H3. The molecule has 0 bridgehead atoms. The van der Waals surface area contributed by atoms with Crippen molar-refractivity contribution in [1.29, 1.82) is 0 Å². The molecule has 1 unspecified atom stereocenters. The van der Waals surface area contributed by atoms with E-state index in [1.165, 1.54) is 30.1 Å². The van der Waals surface area contributed by atoms with E-state index in [1.807, 2.05) is 0 Å². The minimum atomic E-state index is 0.637. The van der Waals surface area contributed by atoms with Crippen LogP contribution in [-0.4, -0.2) is 49.7 Å². The van der Waals surface area contributed by atoms with Gasteiger partial charge in [-0.1, -0.05) is 6.92 Å². The van der Waals surface area contributed by atoms with Crippen molar-refractivity contribution in [3.8, 4) is 0 Å². The summed E-state index contributed by atoms with van der Waals surface area (Å²) >= 11 is 1.79. The summed E-state index contributed by atoms with van der Waals surface area (Å²) in [6.07, 6.45) is 3.76. The number of anilines is 1. The average molecular weight is 282 g/mol. The summed E-state index contributed by atoms with van der Waals surface area (Å²) in [4.78, 5) is 9.56. The molecule has 1 saturated heterocycles. The first-order chi connectivity index (χ1) is 9.20. The molecule has 5 heteroatoms. The molecule has 1 N–H and O–H groups in total. The third-order valence-electron chi connectivity index (χ3n) is 3.47. The molecule has 1 aromatic rings. The zero-order valence-electron chi connectivity index (χ0n) is 12.4. The molecule has 1 aliphatic rings. The van der Waals surface area contributed by atoms with Gasteiger partial charge in [0, 0.05) is 31.1 Å². The van der Waals surface area contributed by atoms with Gasteiger partial charge in [0.1, 0.15) is 0 Å². The van der Waals surface area contributed by atoms with E-state index in [-0.39, 0.29) is 0 Å². The zero-order chi connectivity index (χ0) is 13.7. The Bertz CT molecular complexity index is 377. The van der Waals surface area contributed by atoms with Crippen LogP contribution in [0.5, 0.6) is 0 Å². The maximum Gasteiger partial charge on any atom is 0.185 e. The lowest BCUT2D eigenvalue weighted by Gasteiger charge is -2.26. The topological polar surface area (TPSA) is 31.4 Å². The predicted octanol–water partition coefficient (Wildman–Crippen LogP) is 2.17. The monoisotopic (exact) mass is 282 g/mol. The van der Waals surface area contributed by atoms with E-state index in [0.717, 1.165) is 26.2 Å². The SMILES string of the molecule is CCCNCc1csc(N2CCCC2CN(C)C)n1. The number of rotatable bonds is 7. The highest BCUT2D eigenvalue weighted by Gasteiger charge is 2.27. The Balaban J connectivity index is 1.93. The summed E-state index contributed by atoms with van der Waals surface area (Å²) in [6, 6.07) is 0.637. The van der Waals surface area contributed by atoms with E-state index in [4.69, 9.17) is 4.98 Å². The summed E-state index contributed by atoms with van der Waals surface area (Å²) in [6.45, 7) is 6.45. The van der Waals surface area contributed by atoms with Gasteiger partial charge in [-0.05, 0) is 39.9 Å². The van der Waals surface area contributed by atoms with Crippen molar-refractivity contribution in [1.82, 2.24) is 15.2 Å². The summed E-state index contributed by atoms with van der Waals surface area (Å²) in [5.74, 6) is 0. The number of hydrogen-bond acceptors (Lipinski definition) is 5. The molecule has 2 heterocycles. The normalized spacial score (nSPS) is 19.6. The maximum absolute atomic E-state index is 4.79. The number of nitrogens with zero attached hydrogens (tertiary/aromatic N) is 3. The van der Waals surface area contributed by atoms with Gasteiger partial charge in [0.25, 0.3) is 0 Å². The van der Waals surface area contributed by atoms with Crippen LogP contribution in [0.25, 0.3) is 0 Å². The van der Waals surface area contributed by atoms with Gasteiger partial charge in [0.2, 0.25) is 0 Å². The van der Waals surface area contributed by atoms with Crippen LogP contribution in [0.2, 0.25) is 0 Å². The minimum Gasteiger partial charge on any atom is -0.344 e. The van der Waals surface area contributed by atoms with Gasteiger partial charge in [-0.2, -0.15) is 0 Å². The van der Waals surface area contributed by atoms with E-state index >= 15 is 0 Å². The number of hydrogen-bond donors (Lipinski definition) is 1. The lowest BCUT2D eigenvalue weighted by molar-refractivity contribution is 0.372. The lowest BCUT2D eigenvalue weighted by atomic mass is 10.2. The number of likely N-dealkylation sites (N-methyl/N-ethyl adjacent to an activating group) is 1. The van der Waals surface area contributed by atoms with Crippen LogP contribution >= 0.6 is 11.3 Å². The Labute approximate surface area is 120 Å². The maximum atomic E-state index is 4.79. The summed E-state index contributed by atoms with van der Waals surface area (Å²) in [5, 5.41) is 6.82. The molecule has 1 aromatic heterocycles. The fourth-order valence-corrected chi connectivity index (χ4v) is 3.52. The third-order valence-corrected chi connectivity index (χ3v) is 4.40. The van der Waals surface area contributed by atoms with Crippen LogP contribution in [-0.2, 0) is 6.54 Å². The molecule has 0 amide bonds. The van der Waals surface area contributed by atoms with Gasteiger partial charge >= 0.3 is 0 Å². The lowest BCUT2D eigenvalue weighted by Crippen LogP contribution is -2.37. The highest BCUT2D eigenvalue weighted by Crippen LogP contribution is 2.28. The average Bonchev–Trinajstić information content (AvgIpc) is 2.97. The third kappa shape index (κ3) is 4.16. The molecule has 108 valence electrons. The van der Waals surface area contributed by atoms with Crippen molar-refractivity contribution < 1.29 is 0 Å². The number of nitrogens with one attached hydrogen (secondary N) is 1. The van der Waals surface area contributed by atoms with E-state index < -0.39 is 0 Å². The van der Waals surface area contributed by atoms with Crippen LogP contribution < -0.4 is 10.2 Å². The van der Waals surface area contributed by atoms with Gasteiger partial charge in [-0.15, -0.1) is 11.3 Å². The zero-order valence-corrected chi connectivity index (χ0v) is 13.2. The van der Waals surface area contributed by atoms with Crippen LogP contribution in [0, 0.1) is 0 Å². The predicted molar refractivity (Wildman–Crippen MR) is 83.0 cm³/mol.